The van der Waals surface area contributed by atoms with Crippen LogP contribution in [0, 0.1) is 18.8 Å². The van der Waals surface area contributed by atoms with Crippen molar-refractivity contribution in [2.24, 2.45) is 18.9 Å². The molecular weight excluding hydrogens is 224 g/mol. The molecule has 1 saturated carbocycles. The Morgan fingerprint density at radius 2 is 2.28 bits per heavy atom. The minimum absolute atomic E-state index is 0.520. The molecule has 2 atom stereocenters. The third-order valence-electron chi connectivity index (χ3n) is 4.41. The first-order valence-electron chi connectivity index (χ1n) is 7.11. The van der Waals surface area contributed by atoms with Gasteiger partial charge in [0.05, 0.1) is 11.3 Å². The van der Waals surface area contributed by atoms with E-state index in [1.54, 1.807) is 0 Å². The lowest BCUT2D eigenvalue weighted by Crippen LogP contribution is -2.39. The smallest absolute Gasteiger partial charge is 0.0705 e. The molecule has 1 aliphatic rings. The molecule has 3 heteroatoms. The minimum atomic E-state index is -0.520. The molecule has 2 unspecified atom stereocenters. The Hall–Kier alpha value is -0.830. The Labute approximate surface area is 110 Å². The van der Waals surface area contributed by atoms with Crippen molar-refractivity contribution in [3.8, 4) is 0 Å². The largest absolute Gasteiger partial charge is 0.389 e. The summed E-state index contributed by atoms with van der Waals surface area (Å²) in [5, 5.41) is 15.2. The molecule has 0 radical (unpaired) electrons. The van der Waals surface area contributed by atoms with E-state index in [4.69, 9.17) is 0 Å². The molecule has 0 bridgehead atoms. The number of aliphatic hydroxyl groups is 1. The van der Waals surface area contributed by atoms with Crippen LogP contribution in [0.1, 0.15) is 50.9 Å². The lowest BCUT2D eigenvalue weighted by molar-refractivity contribution is -0.0252. The second-order valence-electron chi connectivity index (χ2n) is 6.40. The number of nitrogens with zero attached hydrogens (tertiary/aromatic N) is 2. The first kappa shape index (κ1) is 13.6. The first-order valence-corrected chi connectivity index (χ1v) is 7.11. The summed E-state index contributed by atoms with van der Waals surface area (Å²) in [6.45, 7) is 6.54. The van der Waals surface area contributed by atoms with Gasteiger partial charge in [-0.25, -0.2) is 0 Å². The molecular formula is C15H26N2O. The van der Waals surface area contributed by atoms with Crippen LogP contribution in [-0.4, -0.2) is 20.5 Å². The van der Waals surface area contributed by atoms with Gasteiger partial charge in [0.1, 0.15) is 0 Å². The van der Waals surface area contributed by atoms with E-state index in [0.29, 0.717) is 11.8 Å². The fraction of sp³-hybridized carbons (Fsp3) is 0.800. The van der Waals surface area contributed by atoms with Gasteiger partial charge in [-0.2, -0.15) is 5.10 Å². The van der Waals surface area contributed by atoms with E-state index < -0.39 is 5.60 Å². The van der Waals surface area contributed by atoms with Gasteiger partial charge in [0.25, 0.3) is 0 Å². The highest BCUT2D eigenvalue weighted by atomic mass is 16.3. The number of hydrogen-bond acceptors (Lipinski definition) is 2. The van der Waals surface area contributed by atoms with Crippen molar-refractivity contribution in [3.63, 3.8) is 0 Å². The third kappa shape index (κ3) is 2.94. The van der Waals surface area contributed by atoms with Crippen LogP contribution in [0.25, 0.3) is 0 Å². The van der Waals surface area contributed by atoms with Crippen molar-refractivity contribution >= 4 is 0 Å². The average Bonchev–Trinajstić information content (AvgIpc) is 2.56. The molecule has 18 heavy (non-hydrogen) atoms. The zero-order valence-electron chi connectivity index (χ0n) is 12.1. The quantitative estimate of drug-likeness (QED) is 0.895. The first-order chi connectivity index (χ1) is 8.39. The molecule has 3 nitrogen and oxygen atoms in total. The zero-order valence-corrected chi connectivity index (χ0v) is 12.1. The Balaban J connectivity index is 2.09. The standard InChI is InChI=1S/C15H26N2O/c1-11(2)13-6-5-7-15(18,9-13)10-14-8-12(3)16-17(14)4/h8,11,13,18H,5-7,9-10H2,1-4H3. The van der Waals surface area contributed by atoms with Crippen molar-refractivity contribution in [1.82, 2.24) is 9.78 Å². The van der Waals surface area contributed by atoms with E-state index in [0.717, 1.165) is 37.1 Å². The van der Waals surface area contributed by atoms with Crippen molar-refractivity contribution in [2.75, 3.05) is 0 Å². The monoisotopic (exact) mass is 250 g/mol. The van der Waals surface area contributed by atoms with Gasteiger partial charge in [0.15, 0.2) is 0 Å². The Kier molecular flexibility index (Phi) is 3.81. The van der Waals surface area contributed by atoms with Gasteiger partial charge >= 0.3 is 0 Å². The maximum atomic E-state index is 10.8. The fourth-order valence-electron chi connectivity index (χ4n) is 3.28. The molecule has 0 aromatic carbocycles. The lowest BCUT2D eigenvalue weighted by atomic mass is 9.72. The summed E-state index contributed by atoms with van der Waals surface area (Å²) in [7, 11) is 1.97. The summed E-state index contributed by atoms with van der Waals surface area (Å²) in [6.07, 6.45) is 5.03. The molecule has 1 N–H and O–H groups in total. The van der Waals surface area contributed by atoms with E-state index in [1.165, 1.54) is 6.42 Å². The topological polar surface area (TPSA) is 38.0 Å². The van der Waals surface area contributed by atoms with Gasteiger partial charge in [-0.3, -0.25) is 4.68 Å². The normalized spacial score (nSPS) is 28.9. The van der Waals surface area contributed by atoms with E-state index in [-0.39, 0.29) is 0 Å². The molecule has 0 aliphatic heterocycles. The van der Waals surface area contributed by atoms with Gasteiger partial charge in [-0.05, 0) is 44.1 Å². The van der Waals surface area contributed by atoms with Crippen molar-refractivity contribution in [3.05, 3.63) is 17.5 Å². The van der Waals surface area contributed by atoms with Crippen LogP contribution in [0.15, 0.2) is 6.07 Å². The number of aryl methyl sites for hydroxylation is 2. The predicted octanol–water partition coefficient (Wildman–Crippen LogP) is 2.85. The highest BCUT2D eigenvalue weighted by molar-refractivity contribution is 5.12. The number of rotatable bonds is 3. The minimum Gasteiger partial charge on any atom is -0.389 e. The SMILES string of the molecule is Cc1cc(CC2(O)CCCC(C(C)C)C2)n(C)n1. The van der Waals surface area contributed by atoms with Gasteiger partial charge < -0.3 is 5.11 Å². The second kappa shape index (κ2) is 5.04. The summed E-state index contributed by atoms with van der Waals surface area (Å²) in [4.78, 5) is 0. The van der Waals surface area contributed by atoms with Crippen LogP contribution >= 0.6 is 0 Å². The van der Waals surface area contributed by atoms with Crippen molar-refractivity contribution in [1.29, 1.82) is 0 Å². The van der Waals surface area contributed by atoms with E-state index in [2.05, 4.69) is 25.0 Å². The zero-order chi connectivity index (χ0) is 13.3. The summed E-state index contributed by atoms with van der Waals surface area (Å²) in [5.41, 5.74) is 1.67. The van der Waals surface area contributed by atoms with Crippen molar-refractivity contribution in [2.45, 2.75) is 58.5 Å². The molecule has 0 saturated heterocycles. The van der Waals surface area contributed by atoms with Crippen LogP contribution in [0.3, 0.4) is 0 Å². The van der Waals surface area contributed by atoms with Gasteiger partial charge in [-0.1, -0.05) is 20.3 Å². The summed E-state index contributed by atoms with van der Waals surface area (Å²) < 4.78 is 1.91. The Bertz CT molecular complexity index is 411. The van der Waals surface area contributed by atoms with Gasteiger partial charge in [0.2, 0.25) is 0 Å². The van der Waals surface area contributed by atoms with Gasteiger partial charge in [-0.15, -0.1) is 0 Å². The van der Waals surface area contributed by atoms with Crippen LogP contribution < -0.4 is 0 Å². The molecule has 2 rings (SSSR count). The van der Waals surface area contributed by atoms with E-state index >= 15 is 0 Å². The molecule has 102 valence electrons. The highest BCUT2D eigenvalue weighted by Crippen LogP contribution is 2.38. The lowest BCUT2D eigenvalue weighted by Gasteiger charge is -2.38. The van der Waals surface area contributed by atoms with Crippen LogP contribution in [0.2, 0.25) is 0 Å². The maximum Gasteiger partial charge on any atom is 0.0705 e. The number of aromatic nitrogens is 2. The molecule has 1 aliphatic carbocycles. The summed E-state index contributed by atoms with van der Waals surface area (Å²) >= 11 is 0. The Morgan fingerprint density at radius 3 is 2.83 bits per heavy atom. The van der Waals surface area contributed by atoms with E-state index in [1.807, 2.05) is 18.7 Å². The molecule has 1 heterocycles. The van der Waals surface area contributed by atoms with E-state index in [9.17, 15) is 5.11 Å². The molecule has 0 spiro atoms. The molecule has 1 aromatic rings. The fourth-order valence-corrected chi connectivity index (χ4v) is 3.28. The highest BCUT2D eigenvalue weighted by Gasteiger charge is 2.36. The molecule has 1 fully saturated rings. The predicted molar refractivity (Wildman–Crippen MR) is 73.4 cm³/mol. The number of hydrogen-bond donors (Lipinski definition) is 1. The van der Waals surface area contributed by atoms with Crippen LogP contribution in [0.5, 0.6) is 0 Å². The molecule has 0 amide bonds. The van der Waals surface area contributed by atoms with Gasteiger partial charge in [0, 0.05) is 19.2 Å². The second-order valence-corrected chi connectivity index (χ2v) is 6.40. The van der Waals surface area contributed by atoms with Crippen molar-refractivity contribution < 1.29 is 5.11 Å². The van der Waals surface area contributed by atoms with Crippen LogP contribution in [-0.2, 0) is 13.5 Å². The average molecular weight is 250 g/mol. The Morgan fingerprint density at radius 1 is 1.56 bits per heavy atom. The maximum absolute atomic E-state index is 10.8. The molecule has 1 aromatic heterocycles. The van der Waals surface area contributed by atoms with Crippen LogP contribution in [0.4, 0.5) is 0 Å². The summed E-state index contributed by atoms with van der Waals surface area (Å²) in [5.74, 6) is 1.34. The third-order valence-corrected chi connectivity index (χ3v) is 4.41. The summed E-state index contributed by atoms with van der Waals surface area (Å²) in [6, 6.07) is 2.09.